The average Bonchev–Trinajstić information content (AvgIpc) is 3.26. The monoisotopic (exact) mass is 411 g/mol. The number of benzene rings is 1. The molecule has 1 N–H and O–H groups in total. The summed E-state index contributed by atoms with van der Waals surface area (Å²) in [7, 11) is 1.62. The second kappa shape index (κ2) is 8.06. The fraction of sp³-hybridized carbons (Fsp3) is 0.500. The third-order valence-corrected chi connectivity index (χ3v) is 5.00. The lowest BCUT2D eigenvalue weighted by Crippen LogP contribution is -2.37. The topological polar surface area (TPSA) is 67.6 Å². The number of ether oxygens (including phenoxy) is 1. The molecule has 1 amide bonds. The SMILES string of the molecule is COCC(C)(C)c1cc(NC[C@@H]2CCC(=O)N2c2ccc(C(F)(F)F)cc2)no1. The zero-order valence-electron chi connectivity index (χ0n) is 16.5. The van der Waals surface area contributed by atoms with E-state index in [2.05, 4.69) is 10.5 Å². The second-order valence-electron chi connectivity index (χ2n) is 7.78. The molecule has 0 spiro atoms. The number of anilines is 2. The van der Waals surface area contributed by atoms with Gasteiger partial charge in [0, 0.05) is 37.2 Å². The first kappa shape index (κ1) is 21.2. The minimum atomic E-state index is -4.41. The lowest BCUT2D eigenvalue weighted by Gasteiger charge is -2.25. The average molecular weight is 411 g/mol. The summed E-state index contributed by atoms with van der Waals surface area (Å²) < 4.78 is 48.9. The van der Waals surface area contributed by atoms with Crippen molar-refractivity contribution in [1.82, 2.24) is 5.16 Å². The molecule has 2 heterocycles. The van der Waals surface area contributed by atoms with Crippen LogP contribution in [0.5, 0.6) is 0 Å². The van der Waals surface area contributed by atoms with Gasteiger partial charge < -0.3 is 19.5 Å². The molecule has 0 saturated carbocycles. The molecule has 9 heteroatoms. The summed E-state index contributed by atoms with van der Waals surface area (Å²) in [6, 6.07) is 6.26. The molecule has 1 aliphatic heterocycles. The highest BCUT2D eigenvalue weighted by atomic mass is 19.4. The first-order chi connectivity index (χ1) is 13.6. The normalized spacial score (nSPS) is 17.8. The summed E-state index contributed by atoms with van der Waals surface area (Å²) in [6.07, 6.45) is -3.46. The van der Waals surface area contributed by atoms with E-state index in [1.165, 1.54) is 12.1 Å². The Morgan fingerprint density at radius 3 is 2.59 bits per heavy atom. The van der Waals surface area contributed by atoms with Crippen LogP contribution >= 0.6 is 0 Å². The molecule has 1 fully saturated rings. The van der Waals surface area contributed by atoms with Crippen LogP contribution in [0, 0.1) is 0 Å². The molecule has 0 aliphatic carbocycles. The maximum absolute atomic E-state index is 12.8. The van der Waals surface area contributed by atoms with Crippen LogP contribution < -0.4 is 10.2 Å². The van der Waals surface area contributed by atoms with Gasteiger partial charge in [0.1, 0.15) is 5.76 Å². The van der Waals surface area contributed by atoms with Crippen molar-refractivity contribution in [2.24, 2.45) is 0 Å². The van der Waals surface area contributed by atoms with Gasteiger partial charge in [0.05, 0.1) is 18.2 Å². The number of amides is 1. The van der Waals surface area contributed by atoms with E-state index < -0.39 is 11.7 Å². The van der Waals surface area contributed by atoms with E-state index in [1.807, 2.05) is 13.8 Å². The van der Waals surface area contributed by atoms with E-state index in [0.717, 1.165) is 12.1 Å². The van der Waals surface area contributed by atoms with Gasteiger partial charge in [0.25, 0.3) is 0 Å². The van der Waals surface area contributed by atoms with Gasteiger partial charge in [-0.3, -0.25) is 4.79 Å². The Morgan fingerprint density at radius 2 is 1.97 bits per heavy atom. The number of hydrogen-bond donors (Lipinski definition) is 1. The van der Waals surface area contributed by atoms with Gasteiger partial charge in [-0.25, -0.2) is 0 Å². The van der Waals surface area contributed by atoms with Gasteiger partial charge in [-0.2, -0.15) is 13.2 Å². The third-order valence-electron chi connectivity index (χ3n) is 5.00. The Labute approximate surface area is 167 Å². The van der Waals surface area contributed by atoms with Gasteiger partial charge in [-0.1, -0.05) is 19.0 Å². The number of hydrogen-bond acceptors (Lipinski definition) is 5. The molecule has 0 bridgehead atoms. The lowest BCUT2D eigenvalue weighted by atomic mass is 9.91. The first-order valence-electron chi connectivity index (χ1n) is 9.31. The van der Waals surface area contributed by atoms with Crippen molar-refractivity contribution in [2.45, 2.75) is 44.3 Å². The maximum atomic E-state index is 12.8. The van der Waals surface area contributed by atoms with Crippen molar-refractivity contribution in [3.05, 3.63) is 41.7 Å². The van der Waals surface area contributed by atoms with Gasteiger partial charge in [-0.05, 0) is 30.7 Å². The minimum Gasteiger partial charge on any atom is -0.384 e. The first-order valence-corrected chi connectivity index (χ1v) is 9.31. The molecular formula is C20H24F3N3O3. The number of rotatable bonds is 7. The maximum Gasteiger partial charge on any atom is 0.416 e. The molecule has 0 unspecified atom stereocenters. The molecule has 1 aliphatic rings. The van der Waals surface area contributed by atoms with E-state index in [4.69, 9.17) is 9.26 Å². The number of aromatic nitrogens is 1. The fourth-order valence-electron chi connectivity index (χ4n) is 3.43. The summed E-state index contributed by atoms with van der Waals surface area (Å²) in [6.45, 7) is 4.83. The molecule has 1 aromatic carbocycles. The zero-order valence-corrected chi connectivity index (χ0v) is 16.5. The number of nitrogens with zero attached hydrogens (tertiary/aromatic N) is 2. The predicted molar refractivity (Wildman–Crippen MR) is 102 cm³/mol. The molecular weight excluding hydrogens is 387 g/mol. The Balaban J connectivity index is 1.68. The van der Waals surface area contributed by atoms with Crippen LogP contribution in [0.1, 0.15) is 38.0 Å². The predicted octanol–water partition coefficient (Wildman–Crippen LogP) is 4.22. The van der Waals surface area contributed by atoms with Gasteiger partial charge in [0.15, 0.2) is 5.82 Å². The quantitative estimate of drug-likeness (QED) is 0.739. The highest BCUT2D eigenvalue weighted by Gasteiger charge is 2.34. The van der Waals surface area contributed by atoms with E-state index in [1.54, 1.807) is 18.1 Å². The smallest absolute Gasteiger partial charge is 0.384 e. The van der Waals surface area contributed by atoms with Gasteiger partial charge in [0.2, 0.25) is 5.91 Å². The molecule has 2 aromatic rings. The van der Waals surface area contributed by atoms with Crippen LogP contribution in [-0.4, -0.2) is 37.4 Å². The van der Waals surface area contributed by atoms with Crippen molar-refractivity contribution >= 4 is 17.4 Å². The molecule has 1 saturated heterocycles. The third kappa shape index (κ3) is 4.72. The summed E-state index contributed by atoms with van der Waals surface area (Å²) in [5, 5.41) is 7.17. The Kier molecular flexibility index (Phi) is 5.88. The summed E-state index contributed by atoms with van der Waals surface area (Å²) in [5.74, 6) is 1.10. The standard InChI is InChI=1S/C20H24F3N3O3/c1-19(2,12-28-3)16-10-17(25-29-16)24-11-15-8-9-18(27)26(15)14-6-4-13(5-7-14)20(21,22)23/h4-7,10,15H,8-9,11-12H2,1-3H3,(H,24,25)/t15-/m0/s1. The van der Waals surface area contributed by atoms with Crippen LogP contribution in [0.25, 0.3) is 0 Å². The largest absolute Gasteiger partial charge is 0.416 e. The van der Waals surface area contributed by atoms with E-state index in [0.29, 0.717) is 43.3 Å². The van der Waals surface area contributed by atoms with Gasteiger partial charge >= 0.3 is 6.18 Å². The molecule has 6 nitrogen and oxygen atoms in total. The molecule has 1 aromatic heterocycles. The van der Waals surface area contributed by atoms with E-state index >= 15 is 0 Å². The number of carbonyl (C=O) groups is 1. The number of methoxy groups -OCH3 is 1. The van der Waals surface area contributed by atoms with Crippen molar-refractivity contribution in [3.8, 4) is 0 Å². The van der Waals surface area contributed by atoms with Crippen molar-refractivity contribution in [3.63, 3.8) is 0 Å². The fourth-order valence-corrected chi connectivity index (χ4v) is 3.43. The number of halogens is 3. The second-order valence-corrected chi connectivity index (χ2v) is 7.78. The Morgan fingerprint density at radius 1 is 1.28 bits per heavy atom. The highest BCUT2D eigenvalue weighted by Crippen LogP contribution is 2.33. The molecule has 0 radical (unpaired) electrons. The molecule has 3 rings (SSSR count). The van der Waals surface area contributed by atoms with Crippen molar-refractivity contribution in [2.75, 3.05) is 30.5 Å². The van der Waals surface area contributed by atoms with Crippen LogP contribution in [0.3, 0.4) is 0 Å². The van der Waals surface area contributed by atoms with Crippen molar-refractivity contribution < 1.29 is 27.2 Å². The minimum absolute atomic E-state index is 0.112. The van der Waals surface area contributed by atoms with E-state index in [-0.39, 0.29) is 17.4 Å². The molecule has 29 heavy (non-hydrogen) atoms. The van der Waals surface area contributed by atoms with Crippen LogP contribution in [-0.2, 0) is 21.1 Å². The zero-order chi connectivity index (χ0) is 21.2. The van der Waals surface area contributed by atoms with Crippen LogP contribution in [0.4, 0.5) is 24.7 Å². The Bertz CT molecular complexity index is 847. The number of alkyl halides is 3. The van der Waals surface area contributed by atoms with Crippen LogP contribution in [0.2, 0.25) is 0 Å². The Hall–Kier alpha value is -2.55. The molecule has 158 valence electrons. The van der Waals surface area contributed by atoms with Crippen LogP contribution in [0.15, 0.2) is 34.9 Å². The van der Waals surface area contributed by atoms with Gasteiger partial charge in [-0.15, -0.1) is 0 Å². The van der Waals surface area contributed by atoms with Crippen molar-refractivity contribution in [1.29, 1.82) is 0 Å². The summed E-state index contributed by atoms with van der Waals surface area (Å²) in [4.78, 5) is 13.9. The summed E-state index contributed by atoms with van der Waals surface area (Å²) in [5.41, 5.74) is -0.622. The lowest BCUT2D eigenvalue weighted by molar-refractivity contribution is -0.137. The highest BCUT2D eigenvalue weighted by molar-refractivity contribution is 5.96. The summed E-state index contributed by atoms with van der Waals surface area (Å²) >= 11 is 0. The number of nitrogens with one attached hydrogen (secondary N) is 1. The molecule has 1 atom stereocenters. The number of carbonyl (C=O) groups excluding carboxylic acids is 1. The van der Waals surface area contributed by atoms with E-state index in [9.17, 15) is 18.0 Å².